The molecule has 0 aromatic carbocycles. The van der Waals surface area contributed by atoms with Crippen LogP contribution in [0.25, 0.3) is 0 Å². The van der Waals surface area contributed by atoms with Crippen LogP contribution in [-0.2, 0) is 21.2 Å². The zero-order chi connectivity index (χ0) is 19.0. The monoisotopic (exact) mass is 396 g/mol. The molecule has 1 aliphatic carbocycles. The number of hydrogen-bond donors (Lipinski definition) is 0. The summed E-state index contributed by atoms with van der Waals surface area (Å²) in [5.41, 5.74) is 0.377. The Hall–Kier alpha value is -1.78. The molecular weight excluding hydrogens is 372 g/mol. The Kier molecular flexibility index (Phi) is 5.04. The first-order valence-corrected chi connectivity index (χ1v) is 10.7. The number of hydrogen-bond acceptors (Lipinski definition) is 8. The average Bonchev–Trinajstić information content (AvgIpc) is 3.01. The first-order valence-electron chi connectivity index (χ1n) is 9.28. The molecule has 2 aliphatic rings. The highest BCUT2D eigenvalue weighted by Crippen LogP contribution is 2.32. The lowest BCUT2D eigenvalue weighted by atomic mass is 10.1. The van der Waals surface area contributed by atoms with Gasteiger partial charge in [0.05, 0.1) is 12.5 Å². The van der Waals surface area contributed by atoms with E-state index >= 15 is 0 Å². The van der Waals surface area contributed by atoms with E-state index in [-0.39, 0.29) is 10.8 Å². The summed E-state index contributed by atoms with van der Waals surface area (Å²) in [5.74, 6) is 2.03. The summed E-state index contributed by atoms with van der Waals surface area (Å²) in [6.07, 6.45) is 3.77. The molecule has 3 heterocycles. The molecule has 0 bridgehead atoms. The van der Waals surface area contributed by atoms with Crippen molar-refractivity contribution in [2.45, 2.75) is 50.3 Å². The summed E-state index contributed by atoms with van der Waals surface area (Å²) >= 11 is 0. The fourth-order valence-corrected chi connectivity index (χ4v) is 5.14. The third-order valence-corrected chi connectivity index (χ3v) is 7.18. The van der Waals surface area contributed by atoms with Crippen molar-refractivity contribution >= 4 is 10.0 Å². The van der Waals surface area contributed by atoms with Gasteiger partial charge >= 0.3 is 0 Å². The molecule has 1 aliphatic heterocycles. The average molecular weight is 396 g/mol. The van der Waals surface area contributed by atoms with Crippen molar-refractivity contribution in [3.63, 3.8) is 0 Å². The Morgan fingerprint density at radius 2 is 2.00 bits per heavy atom. The molecule has 2 fully saturated rings. The maximum atomic E-state index is 12.9. The summed E-state index contributed by atoms with van der Waals surface area (Å²) in [6, 6.07) is 0. The van der Waals surface area contributed by atoms with Crippen LogP contribution in [-0.4, -0.2) is 54.3 Å². The molecule has 4 rings (SSSR count). The predicted octanol–water partition coefficient (Wildman–Crippen LogP) is 1.82. The zero-order valence-electron chi connectivity index (χ0n) is 15.5. The molecule has 0 amide bonds. The minimum atomic E-state index is -3.64. The number of rotatable bonds is 8. The van der Waals surface area contributed by atoms with Crippen molar-refractivity contribution in [1.82, 2.24) is 19.6 Å². The Morgan fingerprint density at radius 1 is 1.19 bits per heavy atom. The van der Waals surface area contributed by atoms with Crippen molar-refractivity contribution in [3.8, 4) is 0 Å². The number of sulfonamides is 1. The number of aryl methyl sites for hydroxylation is 2. The molecule has 2 aromatic rings. The van der Waals surface area contributed by atoms with Crippen molar-refractivity contribution in [2.75, 3.05) is 26.3 Å². The van der Waals surface area contributed by atoms with Gasteiger partial charge in [0.2, 0.25) is 15.9 Å². The molecule has 27 heavy (non-hydrogen) atoms. The van der Waals surface area contributed by atoms with Crippen LogP contribution in [0.4, 0.5) is 0 Å². The lowest BCUT2D eigenvalue weighted by Crippen LogP contribution is -2.29. The second kappa shape index (κ2) is 7.33. The molecule has 1 saturated carbocycles. The highest BCUT2D eigenvalue weighted by Gasteiger charge is 2.38. The molecular formula is C17H24N4O5S. The van der Waals surface area contributed by atoms with E-state index in [0.29, 0.717) is 55.7 Å². The fraction of sp³-hybridized carbons (Fsp3) is 0.706. The lowest BCUT2D eigenvalue weighted by Gasteiger charge is -2.15. The van der Waals surface area contributed by atoms with Gasteiger partial charge in [-0.2, -0.15) is 9.29 Å². The second-order valence-electron chi connectivity index (χ2n) is 7.32. The van der Waals surface area contributed by atoms with Crippen LogP contribution in [0.2, 0.25) is 0 Å². The van der Waals surface area contributed by atoms with Gasteiger partial charge < -0.3 is 13.8 Å². The highest BCUT2D eigenvalue weighted by molar-refractivity contribution is 7.89. The van der Waals surface area contributed by atoms with Gasteiger partial charge in [0.1, 0.15) is 10.6 Å². The van der Waals surface area contributed by atoms with Crippen LogP contribution in [0.1, 0.15) is 48.3 Å². The summed E-state index contributed by atoms with van der Waals surface area (Å²) < 4.78 is 43.2. The van der Waals surface area contributed by atoms with Crippen molar-refractivity contribution < 1.29 is 22.2 Å². The van der Waals surface area contributed by atoms with Gasteiger partial charge in [-0.1, -0.05) is 10.3 Å². The quantitative estimate of drug-likeness (QED) is 0.621. The topological polar surface area (TPSA) is 112 Å². The standard InChI is InChI=1S/C17H24N4O5S/c1-11-16(12(2)25-19-11)27(22,23)21-7-5-14(9-21)17-18-15(20-26-17)6-8-24-10-13-3-4-13/h13-14H,3-10H2,1-2H3. The molecule has 148 valence electrons. The maximum Gasteiger partial charge on any atom is 0.248 e. The van der Waals surface area contributed by atoms with Gasteiger partial charge in [-0.3, -0.25) is 0 Å². The van der Waals surface area contributed by atoms with Crippen LogP contribution in [0.5, 0.6) is 0 Å². The van der Waals surface area contributed by atoms with Gasteiger partial charge in [0.15, 0.2) is 11.6 Å². The summed E-state index contributed by atoms with van der Waals surface area (Å²) in [5, 5.41) is 7.75. The van der Waals surface area contributed by atoms with E-state index in [1.165, 1.54) is 17.1 Å². The predicted molar refractivity (Wildman–Crippen MR) is 93.6 cm³/mol. The molecule has 0 N–H and O–H groups in total. The molecule has 1 atom stereocenters. The normalized spacial score (nSPS) is 21.2. The minimum absolute atomic E-state index is 0.103. The number of ether oxygens (including phenoxy) is 1. The number of nitrogens with zero attached hydrogens (tertiary/aromatic N) is 4. The van der Waals surface area contributed by atoms with Crippen LogP contribution in [0, 0.1) is 19.8 Å². The van der Waals surface area contributed by atoms with Gasteiger partial charge in [0.25, 0.3) is 0 Å². The molecule has 2 aromatic heterocycles. The van der Waals surface area contributed by atoms with E-state index < -0.39 is 10.0 Å². The van der Waals surface area contributed by atoms with E-state index in [2.05, 4.69) is 15.3 Å². The third-order valence-electron chi connectivity index (χ3n) is 5.07. The third kappa shape index (κ3) is 3.92. The molecule has 1 saturated heterocycles. The van der Waals surface area contributed by atoms with E-state index in [4.69, 9.17) is 13.8 Å². The van der Waals surface area contributed by atoms with E-state index in [9.17, 15) is 8.42 Å². The molecule has 0 radical (unpaired) electrons. The zero-order valence-corrected chi connectivity index (χ0v) is 16.4. The van der Waals surface area contributed by atoms with E-state index in [1.54, 1.807) is 13.8 Å². The SMILES string of the molecule is Cc1noc(C)c1S(=O)(=O)N1CCC(c2nc(CCOCC3CC3)no2)C1. The Morgan fingerprint density at radius 3 is 2.70 bits per heavy atom. The minimum Gasteiger partial charge on any atom is -0.381 e. The van der Waals surface area contributed by atoms with Crippen molar-refractivity contribution in [1.29, 1.82) is 0 Å². The van der Waals surface area contributed by atoms with Crippen molar-refractivity contribution in [2.24, 2.45) is 5.92 Å². The first-order chi connectivity index (χ1) is 12.9. The van der Waals surface area contributed by atoms with Gasteiger partial charge in [-0.05, 0) is 39.0 Å². The van der Waals surface area contributed by atoms with Crippen LogP contribution in [0.3, 0.4) is 0 Å². The fourth-order valence-electron chi connectivity index (χ4n) is 3.35. The molecule has 10 heteroatoms. The summed E-state index contributed by atoms with van der Waals surface area (Å²) in [7, 11) is -3.64. The largest absolute Gasteiger partial charge is 0.381 e. The Labute approximate surface area is 158 Å². The van der Waals surface area contributed by atoms with E-state index in [0.717, 1.165) is 12.5 Å². The Bertz CT molecular complexity index is 883. The summed E-state index contributed by atoms with van der Waals surface area (Å²) in [6.45, 7) is 5.34. The molecule has 9 nitrogen and oxygen atoms in total. The van der Waals surface area contributed by atoms with E-state index in [1.807, 2.05) is 0 Å². The van der Waals surface area contributed by atoms with Gasteiger partial charge in [-0.15, -0.1) is 0 Å². The second-order valence-corrected chi connectivity index (χ2v) is 9.19. The van der Waals surface area contributed by atoms with Crippen LogP contribution >= 0.6 is 0 Å². The smallest absolute Gasteiger partial charge is 0.248 e. The number of aromatic nitrogens is 3. The molecule has 0 spiro atoms. The van der Waals surface area contributed by atoms with Gasteiger partial charge in [-0.25, -0.2) is 8.42 Å². The van der Waals surface area contributed by atoms with Crippen molar-refractivity contribution in [3.05, 3.63) is 23.2 Å². The lowest BCUT2D eigenvalue weighted by molar-refractivity contribution is 0.125. The van der Waals surface area contributed by atoms with Crippen LogP contribution < -0.4 is 0 Å². The van der Waals surface area contributed by atoms with Gasteiger partial charge in [0, 0.05) is 26.1 Å². The first kappa shape index (κ1) is 18.6. The summed E-state index contributed by atoms with van der Waals surface area (Å²) in [4.78, 5) is 4.58. The Balaban J connectivity index is 1.36. The van der Waals surface area contributed by atoms with Crippen LogP contribution in [0.15, 0.2) is 13.9 Å². The highest BCUT2D eigenvalue weighted by atomic mass is 32.2. The maximum absolute atomic E-state index is 12.9. The molecule has 1 unspecified atom stereocenters.